The highest BCUT2D eigenvalue weighted by atomic mass is 32.2. The van der Waals surface area contributed by atoms with Crippen molar-refractivity contribution >= 4 is 26.8 Å². The third-order valence-electron chi connectivity index (χ3n) is 6.49. The summed E-state index contributed by atoms with van der Waals surface area (Å²) in [4.78, 5) is 17.7. The third-order valence-corrected chi connectivity index (χ3v) is 8.69. The van der Waals surface area contributed by atoms with Gasteiger partial charge < -0.3 is 9.30 Å². The van der Waals surface area contributed by atoms with Gasteiger partial charge in [0.2, 0.25) is 0 Å². The number of aryl methyl sites for hydroxylation is 1. The van der Waals surface area contributed by atoms with E-state index >= 15 is 0 Å². The van der Waals surface area contributed by atoms with Gasteiger partial charge in [0.1, 0.15) is 11.3 Å². The standard InChI is InChI=1S/C26H25N3O4S/c1-17-12-14-19(15-13-17)34(31,32)25-22(18-8-4-3-5-9-18)28-23(26(30)33-2)24(25)29-16-27-20-10-6-7-11-21(20)29/h3-16,22-25,28H,1-2H3/t22-,23-,24-,25-/m1/s1. The van der Waals surface area contributed by atoms with Gasteiger partial charge in [0.15, 0.2) is 9.84 Å². The van der Waals surface area contributed by atoms with Gasteiger partial charge in [0.05, 0.1) is 41.4 Å². The number of para-hydroxylation sites is 2. The second-order valence-electron chi connectivity index (χ2n) is 8.51. The molecule has 0 amide bonds. The van der Waals surface area contributed by atoms with Crippen LogP contribution in [0.3, 0.4) is 0 Å². The Labute approximate surface area is 198 Å². The molecule has 4 aromatic rings. The molecule has 1 N–H and O–H groups in total. The molecule has 0 radical (unpaired) electrons. The first-order chi connectivity index (χ1) is 16.4. The van der Waals surface area contributed by atoms with E-state index in [4.69, 9.17) is 4.74 Å². The normalized spacial score (nSPS) is 22.6. The Morgan fingerprint density at radius 3 is 2.35 bits per heavy atom. The third kappa shape index (κ3) is 3.69. The summed E-state index contributed by atoms with van der Waals surface area (Å²) in [5, 5.41) is 2.31. The van der Waals surface area contributed by atoms with Crippen molar-refractivity contribution in [2.24, 2.45) is 0 Å². The fraction of sp³-hybridized carbons (Fsp3) is 0.231. The number of carbonyl (C=O) groups excluding carboxylic acids is 1. The van der Waals surface area contributed by atoms with Crippen LogP contribution in [0.25, 0.3) is 11.0 Å². The van der Waals surface area contributed by atoms with E-state index in [1.807, 2.05) is 61.5 Å². The van der Waals surface area contributed by atoms with Crippen molar-refractivity contribution in [1.29, 1.82) is 0 Å². The predicted octanol–water partition coefficient (Wildman–Crippen LogP) is 3.61. The van der Waals surface area contributed by atoms with Crippen molar-refractivity contribution in [3.05, 3.63) is 96.3 Å². The first-order valence-corrected chi connectivity index (χ1v) is 12.6. The summed E-state index contributed by atoms with van der Waals surface area (Å²) in [5.74, 6) is -0.523. The minimum Gasteiger partial charge on any atom is -0.468 e. The number of sulfone groups is 1. The van der Waals surface area contributed by atoms with Crippen LogP contribution in [0, 0.1) is 6.92 Å². The van der Waals surface area contributed by atoms with E-state index in [0.717, 1.165) is 22.2 Å². The van der Waals surface area contributed by atoms with Crippen LogP contribution < -0.4 is 5.32 Å². The average Bonchev–Trinajstić information content (AvgIpc) is 3.46. The van der Waals surface area contributed by atoms with Crippen LogP contribution in [0.4, 0.5) is 0 Å². The van der Waals surface area contributed by atoms with Gasteiger partial charge in [-0.15, -0.1) is 0 Å². The van der Waals surface area contributed by atoms with E-state index in [-0.39, 0.29) is 4.90 Å². The number of esters is 1. The summed E-state index contributed by atoms with van der Waals surface area (Å²) in [5.41, 5.74) is 3.22. The molecule has 1 fully saturated rings. The molecule has 34 heavy (non-hydrogen) atoms. The average molecular weight is 476 g/mol. The molecule has 1 aromatic heterocycles. The van der Waals surface area contributed by atoms with Crippen LogP contribution in [-0.4, -0.2) is 42.3 Å². The molecule has 0 aliphatic carbocycles. The maximum Gasteiger partial charge on any atom is 0.325 e. The zero-order valence-electron chi connectivity index (χ0n) is 18.8. The van der Waals surface area contributed by atoms with Crippen LogP contribution in [0.15, 0.2) is 90.1 Å². The number of carbonyl (C=O) groups is 1. The lowest BCUT2D eigenvalue weighted by atomic mass is 10.0. The van der Waals surface area contributed by atoms with E-state index in [1.165, 1.54) is 7.11 Å². The van der Waals surface area contributed by atoms with Gasteiger partial charge in [-0.25, -0.2) is 13.4 Å². The second-order valence-corrected chi connectivity index (χ2v) is 10.6. The molecule has 7 nitrogen and oxygen atoms in total. The Balaban J connectivity index is 1.75. The summed E-state index contributed by atoms with van der Waals surface area (Å²) in [6, 6.07) is 21.3. The smallest absolute Gasteiger partial charge is 0.325 e. The molecule has 8 heteroatoms. The number of ether oxygens (including phenoxy) is 1. The molecule has 2 heterocycles. The number of nitrogens with one attached hydrogen (secondary N) is 1. The monoisotopic (exact) mass is 475 g/mol. The van der Waals surface area contributed by atoms with E-state index in [9.17, 15) is 13.2 Å². The van der Waals surface area contributed by atoms with Gasteiger partial charge in [-0.2, -0.15) is 0 Å². The Hall–Kier alpha value is -3.49. The first kappa shape index (κ1) is 22.3. The van der Waals surface area contributed by atoms with Crippen molar-refractivity contribution in [1.82, 2.24) is 14.9 Å². The van der Waals surface area contributed by atoms with Crippen molar-refractivity contribution in [2.45, 2.75) is 35.2 Å². The molecule has 0 saturated carbocycles. The van der Waals surface area contributed by atoms with E-state index in [0.29, 0.717) is 0 Å². The van der Waals surface area contributed by atoms with Crippen molar-refractivity contribution in [3.63, 3.8) is 0 Å². The molecular weight excluding hydrogens is 450 g/mol. The summed E-state index contributed by atoms with van der Waals surface area (Å²) < 4.78 is 35.3. The predicted molar refractivity (Wildman–Crippen MR) is 129 cm³/mol. The van der Waals surface area contributed by atoms with E-state index < -0.39 is 39.2 Å². The molecule has 3 aromatic carbocycles. The Morgan fingerprint density at radius 2 is 1.65 bits per heavy atom. The summed E-state index contributed by atoms with van der Waals surface area (Å²) in [6.07, 6.45) is 1.61. The van der Waals surface area contributed by atoms with E-state index in [1.54, 1.807) is 35.2 Å². The van der Waals surface area contributed by atoms with Gasteiger partial charge >= 0.3 is 5.97 Å². The van der Waals surface area contributed by atoms with Crippen molar-refractivity contribution in [2.75, 3.05) is 7.11 Å². The SMILES string of the molecule is COC(=O)[C@@H]1N[C@H](c2ccccc2)[C@@H](S(=O)(=O)c2ccc(C)cc2)[C@@H]1n1cnc2ccccc21. The Morgan fingerprint density at radius 1 is 0.971 bits per heavy atom. The summed E-state index contributed by atoms with van der Waals surface area (Å²) >= 11 is 0. The minimum atomic E-state index is -3.89. The van der Waals surface area contributed by atoms with Gasteiger partial charge in [-0.05, 0) is 36.8 Å². The minimum absolute atomic E-state index is 0.214. The number of nitrogens with zero attached hydrogens (tertiary/aromatic N) is 2. The quantitative estimate of drug-likeness (QED) is 0.444. The van der Waals surface area contributed by atoms with Crippen molar-refractivity contribution in [3.8, 4) is 0 Å². The fourth-order valence-electron chi connectivity index (χ4n) is 4.84. The number of methoxy groups -OCH3 is 1. The maximum absolute atomic E-state index is 14.2. The molecule has 0 bridgehead atoms. The second kappa shape index (κ2) is 8.70. The van der Waals surface area contributed by atoms with E-state index in [2.05, 4.69) is 10.3 Å². The zero-order valence-corrected chi connectivity index (χ0v) is 19.6. The Kier molecular flexibility index (Phi) is 5.71. The van der Waals surface area contributed by atoms with Crippen LogP contribution in [-0.2, 0) is 19.4 Å². The van der Waals surface area contributed by atoms with Crippen molar-refractivity contribution < 1.29 is 17.9 Å². The van der Waals surface area contributed by atoms with Gasteiger partial charge in [0, 0.05) is 0 Å². The molecule has 4 atom stereocenters. The lowest BCUT2D eigenvalue weighted by molar-refractivity contribution is -0.143. The first-order valence-electron chi connectivity index (χ1n) is 11.0. The van der Waals surface area contributed by atoms with Crippen LogP contribution in [0.2, 0.25) is 0 Å². The highest BCUT2D eigenvalue weighted by molar-refractivity contribution is 7.92. The number of aromatic nitrogens is 2. The molecule has 1 aliphatic heterocycles. The zero-order chi connectivity index (χ0) is 23.9. The molecule has 174 valence electrons. The highest BCUT2D eigenvalue weighted by Gasteiger charge is 2.54. The van der Waals surface area contributed by atoms with Crippen LogP contribution in [0.5, 0.6) is 0 Å². The molecule has 0 spiro atoms. The summed E-state index contributed by atoms with van der Waals surface area (Å²) in [7, 11) is -2.58. The molecule has 0 unspecified atom stereocenters. The molecule has 1 aliphatic rings. The lowest BCUT2D eigenvalue weighted by Gasteiger charge is -2.27. The fourth-order valence-corrected chi connectivity index (χ4v) is 6.92. The molecular formula is C26H25N3O4S. The number of imidazole rings is 1. The highest BCUT2D eigenvalue weighted by Crippen LogP contribution is 2.43. The topological polar surface area (TPSA) is 90.3 Å². The van der Waals surface area contributed by atoms with Crippen LogP contribution >= 0.6 is 0 Å². The van der Waals surface area contributed by atoms with Crippen LogP contribution in [0.1, 0.15) is 23.2 Å². The summed E-state index contributed by atoms with van der Waals surface area (Å²) in [6.45, 7) is 1.91. The van der Waals surface area contributed by atoms with Gasteiger partial charge in [-0.3, -0.25) is 10.1 Å². The molecule has 5 rings (SSSR count). The number of benzene rings is 3. The Bertz CT molecular complexity index is 1430. The number of rotatable bonds is 5. The maximum atomic E-state index is 14.2. The van der Waals surface area contributed by atoms with Gasteiger partial charge in [-0.1, -0.05) is 60.2 Å². The number of hydrogen-bond donors (Lipinski definition) is 1. The lowest BCUT2D eigenvalue weighted by Crippen LogP contribution is -2.39. The largest absolute Gasteiger partial charge is 0.468 e. The molecule has 1 saturated heterocycles. The van der Waals surface area contributed by atoms with Gasteiger partial charge in [0.25, 0.3) is 0 Å². The number of hydrogen-bond acceptors (Lipinski definition) is 6. The number of fused-ring (bicyclic) bond motifs is 1.